The van der Waals surface area contributed by atoms with E-state index < -0.39 is 0 Å². The number of allylic oxidation sites excluding steroid dienone is 2. The van der Waals surface area contributed by atoms with Crippen molar-refractivity contribution in [3.63, 3.8) is 0 Å². The lowest BCUT2D eigenvalue weighted by atomic mass is 10.0. The van der Waals surface area contributed by atoms with Crippen LogP contribution in [0.15, 0.2) is 36.4 Å². The molecule has 1 atom stereocenters. The molecular weight excluding hydrogens is 236 g/mol. The Morgan fingerprint density at radius 2 is 2.26 bits per heavy atom. The Bertz CT molecular complexity index is 466. The molecule has 1 aromatic rings. The summed E-state index contributed by atoms with van der Waals surface area (Å²) in [4.78, 5) is 14.1. The fourth-order valence-corrected chi connectivity index (χ4v) is 2.43. The molecule has 0 heterocycles. The molecule has 1 aliphatic rings. The topological polar surface area (TPSA) is 32.3 Å². The number of nitrogens with zero attached hydrogens (tertiary/aromatic N) is 1. The lowest BCUT2D eigenvalue weighted by Gasteiger charge is -2.12. The molecule has 0 radical (unpaired) electrons. The van der Waals surface area contributed by atoms with Crippen LogP contribution >= 0.6 is 0 Å². The summed E-state index contributed by atoms with van der Waals surface area (Å²) in [5, 5.41) is 2.99. The van der Waals surface area contributed by atoms with E-state index in [1.165, 1.54) is 5.56 Å². The molecule has 102 valence electrons. The number of carbonyl (C=O) groups is 1. The van der Waals surface area contributed by atoms with Crippen LogP contribution in [0.1, 0.15) is 24.8 Å². The second-order valence-electron chi connectivity index (χ2n) is 5.46. The monoisotopic (exact) mass is 258 g/mol. The highest BCUT2D eigenvalue weighted by molar-refractivity contribution is 5.91. The van der Waals surface area contributed by atoms with Crippen LogP contribution in [0, 0.1) is 5.92 Å². The van der Waals surface area contributed by atoms with Gasteiger partial charge < -0.3 is 10.2 Å². The smallest absolute Gasteiger partial charge is 0.224 e. The van der Waals surface area contributed by atoms with Crippen LogP contribution in [0.2, 0.25) is 0 Å². The van der Waals surface area contributed by atoms with E-state index in [1.54, 1.807) is 0 Å². The molecule has 0 saturated carbocycles. The van der Waals surface area contributed by atoms with Crippen molar-refractivity contribution in [3.05, 3.63) is 42.0 Å². The van der Waals surface area contributed by atoms with Crippen molar-refractivity contribution in [1.82, 2.24) is 4.90 Å². The Morgan fingerprint density at radius 3 is 2.95 bits per heavy atom. The van der Waals surface area contributed by atoms with Gasteiger partial charge in [-0.3, -0.25) is 4.79 Å². The predicted octanol–water partition coefficient (Wildman–Crippen LogP) is 3.04. The molecule has 0 spiro atoms. The van der Waals surface area contributed by atoms with E-state index >= 15 is 0 Å². The minimum Gasteiger partial charge on any atom is -0.326 e. The van der Waals surface area contributed by atoms with Crippen molar-refractivity contribution in [2.24, 2.45) is 5.92 Å². The molecule has 1 aromatic carbocycles. The van der Waals surface area contributed by atoms with Crippen LogP contribution in [0.4, 0.5) is 5.69 Å². The van der Waals surface area contributed by atoms with Gasteiger partial charge in [0.1, 0.15) is 0 Å². The molecule has 3 nitrogen and oxygen atoms in total. The van der Waals surface area contributed by atoms with Crippen molar-refractivity contribution in [2.45, 2.75) is 25.8 Å². The summed E-state index contributed by atoms with van der Waals surface area (Å²) in [5.74, 6) is 0.531. The zero-order valence-electron chi connectivity index (χ0n) is 11.7. The van der Waals surface area contributed by atoms with Gasteiger partial charge in [0.25, 0.3) is 0 Å². The quantitative estimate of drug-likeness (QED) is 0.823. The Balaban J connectivity index is 1.90. The average molecular weight is 258 g/mol. The molecular formula is C16H22N2O. The standard InChI is InChI=1S/C16H22N2O/c1-18(2)12-14-8-5-9-15(10-14)17-16(19)11-13-6-3-4-7-13/h3,5-6,8-10,13H,4,7,11-12H2,1-2H3,(H,17,19). The van der Waals surface area contributed by atoms with Gasteiger partial charge in [-0.15, -0.1) is 0 Å². The number of nitrogens with one attached hydrogen (secondary N) is 1. The lowest BCUT2D eigenvalue weighted by Crippen LogP contribution is -2.15. The molecule has 2 rings (SSSR count). The third-order valence-corrected chi connectivity index (χ3v) is 3.27. The van der Waals surface area contributed by atoms with E-state index in [0.717, 1.165) is 25.1 Å². The van der Waals surface area contributed by atoms with Crippen molar-refractivity contribution >= 4 is 11.6 Å². The predicted molar refractivity (Wildman–Crippen MR) is 78.9 cm³/mol. The highest BCUT2D eigenvalue weighted by Crippen LogP contribution is 2.21. The van der Waals surface area contributed by atoms with Gasteiger partial charge in [0.2, 0.25) is 5.91 Å². The zero-order chi connectivity index (χ0) is 13.7. The van der Waals surface area contributed by atoms with E-state index in [2.05, 4.69) is 28.4 Å². The lowest BCUT2D eigenvalue weighted by molar-refractivity contribution is -0.116. The van der Waals surface area contributed by atoms with Crippen LogP contribution in [-0.2, 0) is 11.3 Å². The molecule has 3 heteroatoms. The second kappa shape index (κ2) is 6.53. The molecule has 1 amide bonds. The number of anilines is 1. The zero-order valence-corrected chi connectivity index (χ0v) is 11.7. The summed E-state index contributed by atoms with van der Waals surface area (Å²) in [6.45, 7) is 0.884. The van der Waals surface area contributed by atoms with Gasteiger partial charge in [-0.1, -0.05) is 24.3 Å². The van der Waals surface area contributed by atoms with Gasteiger partial charge in [-0.25, -0.2) is 0 Å². The summed E-state index contributed by atoms with van der Waals surface area (Å²) >= 11 is 0. The number of hydrogen-bond donors (Lipinski definition) is 1. The summed E-state index contributed by atoms with van der Waals surface area (Å²) in [6, 6.07) is 8.06. The first-order valence-electron chi connectivity index (χ1n) is 6.83. The first-order valence-corrected chi connectivity index (χ1v) is 6.83. The molecule has 0 aliphatic heterocycles. The normalized spacial score (nSPS) is 17.9. The van der Waals surface area contributed by atoms with E-state index in [1.807, 2.05) is 32.3 Å². The number of hydrogen-bond acceptors (Lipinski definition) is 2. The maximum Gasteiger partial charge on any atom is 0.224 e. The third kappa shape index (κ3) is 4.52. The first kappa shape index (κ1) is 13.8. The fourth-order valence-electron chi connectivity index (χ4n) is 2.43. The van der Waals surface area contributed by atoms with Gasteiger partial charge in [-0.2, -0.15) is 0 Å². The minimum atomic E-state index is 0.110. The van der Waals surface area contributed by atoms with E-state index in [9.17, 15) is 4.79 Å². The third-order valence-electron chi connectivity index (χ3n) is 3.27. The van der Waals surface area contributed by atoms with Gasteiger partial charge >= 0.3 is 0 Å². The summed E-state index contributed by atoms with van der Waals surface area (Å²) in [5.41, 5.74) is 2.11. The van der Waals surface area contributed by atoms with Crippen molar-refractivity contribution in [3.8, 4) is 0 Å². The Kier molecular flexibility index (Phi) is 4.74. The number of rotatable bonds is 5. The van der Waals surface area contributed by atoms with E-state index in [4.69, 9.17) is 0 Å². The van der Waals surface area contributed by atoms with Crippen LogP contribution in [0.25, 0.3) is 0 Å². The summed E-state index contributed by atoms with van der Waals surface area (Å²) < 4.78 is 0. The molecule has 0 fully saturated rings. The maximum atomic E-state index is 11.9. The SMILES string of the molecule is CN(C)Cc1cccc(NC(=O)CC2C=CCC2)c1. The molecule has 0 aromatic heterocycles. The summed E-state index contributed by atoms with van der Waals surface area (Å²) in [6.07, 6.45) is 7.12. The number of carbonyl (C=O) groups excluding carboxylic acids is 1. The van der Waals surface area contributed by atoms with E-state index in [-0.39, 0.29) is 5.91 Å². The van der Waals surface area contributed by atoms with Crippen LogP contribution in [0.5, 0.6) is 0 Å². The van der Waals surface area contributed by atoms with Crippen molar-refractivity contribution < 1.29 is 4.79 Å². The second-order valence-corrected chi connectivity index (χ2v) is 5.46. The van der Waals surface area contributed by atoms with Gasteiger partial charge in [-0.05, 0) is 50.6 Å². The van der Waals surface area contributed by atoms with Gasteiger partial charge in [0, 0.05) is 18.7 Å². The highest BCUT2D eigenvalue weighted by Gasteiger charge is 2.14. The van der Waals surface area contributed by atoms with E-state index in [0.29, 0.717) is 12.3 Å². The molecule has 1 unspecified atom stereocenters. The van der Waals surface area contributed by atoms with Crippen LogP contribution in [0.3, 0.4) is 0 Å². The molecule has 0 bridgehead atoms. The Morgan fingerprint density at radius 1 is 1.42 bits per heavy atom. The first-order chi connectivity index (χ1) is 9.13. The molecule has 1 aliphatic carbocycles. The highest BCUT2D eigenvalue weighted by atomic mass is 16.1. The average Bonchev–Trinajstić information content (AvgIpc) is 2.81. The molecule has 1 N–H and O–H groups in total. The van der Waals surface area contributed by atoms with Crippen molar-refractivity contribution in [1.29, 1.82) is 0 Å². The minimum absolute atomic E-state index is 0.110. The van der Waals surface area contributed by atoms with Gasteiger partial charge in [0.05, 0.1) is 0 Å². The van der Waals surface area contributed by atoms with Gasteiger partial charge in [0.15, 0.2) is 0 Å². The van der Waals surface area contributed by atoms with Crippen molar-refractivity contribution in [2.75, 3.05) is 19.4 Å². The Labute approximate surface area is 115 Å². The molecule has 19 heavy (non-hydrogen) atoms. The largest absolute Gasteiger partial charge is 0.326 e. The number of amides is 1. The Hall–Kier alpha value is -1.61. The fraction of sp³-hybridized carbons (Fsp3) is 0.438. The number of benzene rings is 1. The summed E-state index contributed by atoms with van der Waals surface area (Å²) in [7, 11) is 4.08. The molecule has 0 saturated heterocycles. The van der Waals surface area contributed by atoms with Crippen LogP contribution < -0.4 is 5.32 Å². The maximum absolute atomic E-state index is 11.9. The van der Waals surface area contributed by atoms with Crippen LogP contribution in [-0.4, -0.2) is 24.9 Å².